The highest BCUT2D eigenvalue weighted by atomic mass is 35.5. The summed E-state index contributed by atoms with van der Waals surface area (Å²) in [5.74, 6) is -1.22. The van der Waals surface area contributed by atoms with Gasteiger partial charge in [-0.1, -0.05) is 23.7 Å². The molecular formula is C20H18ClF3N2O4. The Bertz CT molecular complexity index is 944. The maximum atomic E-state index is 12.4. The first-order chi connectivity index (χ1) is 14.1. The van der Waals surface area contributed by atoms with Crippen molar-refractivity contribution in [2.45, 2.75) is 31.1 Å². The summed E-state index contributed by atoms with van der Waals surface area (Å²) < 4.78 is 48.0. The van der Waals surface area contributed by atoms with Crippen molar-refractivity contribution in [2.75, 3.05) is 7.11 Å². The van der Waals surface area contributed by atoms with E-state index in [1.165, 1.54) is 7.11 Å². The van der Waals surface area contributed by atoms with Crippen LogP contribution in [0.5, 0.6) is 17.2 Å². The number of amides is 2. The topological polar surface area (TPSA) is 76.7 Å². The summed E-state index contributed by atoms with van der Waals surface area (Å²) in [4.78, 5) is 23.3. The number of ether oxygens (including phenoxy) is 2. The van der Waals surface area contributed by atoms with E-state index in [1.807, 2.05) is 0 Å². The van der Waals surface area contributed by atoms with Gasteiger partial charge in [0, 0.05) is 12.6 Å². The highest BCUT2D eigenvalue weighted by Crippen LogP contribution is 2.37. The van der Waals surface area contributed by atoms with Crippen molar-refractivity contribution in [1.82, 2.24) is 10.6 Å². The largest absolute Gasteiger partial charge is 0.497 e. The normalized spacial score (nSPS) is 14.6. The molecule has 0 atom stereocenters. The van der Waals surface area contributed by atoms with Crippen molar-refractivity contribution >= 4 is 23.4 Å². The molecule has 0 aliphatic heterocycles. The van der Waals surface area contributed by atoms with Gasteiger partial charge in [0.2, 0.25) is 5.91 Å². The fourth-order valence-corrected chi connectivity index (χ4v) is 2.88. The smallest absolute Gasteiger partial charge is 0.471 e. The highest BCUT2D eigenvalue weighted by Gasteiger charge is 2.54. The molecule has 160 valence electrons. The minimum Gasteiger partial charge on any atom is -0.497 e. The minimum atomic E-state index is -5.03. The molecule has 0 spiro atoms. The first kappa shape index (κ1) is 21.8. The van der Waals surface area contributed by atoms with E-state index in [0.29, 0.717) is 27.8 Å². The van der Waals surface area contributed by atoms with Gasteiger partial charge in [0.15, 0.2) is 0 Å². The standard InChI is InChI=1S/C20H18ClF3N2O4/c1-29-14-6-7-16(15(21)10-14)30-13-4-2-12(3-5-13)11-25-17(27)19(8-9-19)26-18(28)20(22,23)24/h2-7,10H,8-9,11H2,1H3,(H,25,27)(H,26,28). The van der Waals surface area contributed by atoms with Crippen LogP contribution < -0.4 is 20.1 Å². The molecule has 0 unspecified atom stereocenters. The molecule has 0 heterocycles. The summed E-state index contributed by atoms with van der Waals surface area (Å²) in [7, 11) is 1.53. The predicted molar refractivity (Wildman–Crippen MR) is 103 cm³/mol. The summed E-state index contributed by atoms with van der Waals surface area (Å²) >= 11 is 6.13. The fraction of sp³-hybridized carbons (Fsp3) is 0.300. The van der Waals surface area contributed by atoms with Gasteiger partial charge >= 0.3 is 12.1 Å². The molecule has 2 aromatic rings. The van der Waals surface area contributed by atoms with E-state index in [1.54, 1.807) is 47.8 Å². The van der Waals surface area contributed by atoms with E-state index < -0.39 is 23.5 Å². The van der Waals surface area contributed by atoms with Gasteiger partial charge < -0.3 is 20.1 Å². The zero-order valence-corrected chi connectivity index (χ0v) is 16.6. The van der Waals surface area contributed by atoms with Gasteiger partial charge in [-0.2, -0.15) is 13.2 Å². The van der Waals surface area contributed by atoms with E-state index >= 15 is 0 Å². The molecule has 0 radical (unpaired) electrons. The third-order valence-electron chi connectivity index (χ3n) is 4.54. The monoisotopic (exact) mass is 442 g/mol. The first-order valence-electron chi connectivity index (χ1n) is 8.91. The second-order valence-electron chi connectivity index (χ2n) is 6.76. The zero-order valence-electron chi connectivity index (χ0n) is 15.8. The van der Waals surface area contributed by atoms with Gasteiger partial charge in [0.1, 0.15) is 22.8 Å². The molecular weight excluding hydrogens is 425 g/mol. The number of hydrogen-bond acceptors (Lipinski definition) is 4. The summed E-state index contributed by atoms with van der Waals surface area (Å²) in [6, 6.07) is 11.7. The molecule has 10 heteroatoms. The lowest BCUT2D eigenvalue weighted by Crippen LogP contribution is -2.52. The van der Waals surface area contributed by atoms with E-state index in [4.69, 9.17) is 21.1 Å². The van der Waals surface area contributed by atoms with Crippen molar-refractivity contribution < 1.29 is 32.2 Å². The van der Waals surface area contributed by atoms with Gasteiger partial charge in [-0.15, -0.1) is 0 Å². The Hall–Kier alpha value is -2.94. The molecule has 3 rings (SSSR count). The Balaban J connectivity index is 1.55. The van der Waals surface area contributed by atoms with E-state index in [2.05, 4.69) is 5.32 Å². The number of halogens is 4. The maximum Gasteiger partial charge on any atom is 0.471 e. The molecule has 0 bridgehead atoms. The summed E-state index contributed by atoms with van der Waals surface area (Å²) in [6.45, 7) is 0.0893. The van der Waals surface area contributed by atoms with Crippen LogP contribution in [-0.4, -0.2) is 30.6 Å². The Labute approximate surface area is 175 Å². The van der Waals surface area contributed by atoms with Gasteiger partial charge in [-0.3, -0.25) is 9.59 Å². The Morgan fingerprint density at radius 3 is 2.27 bits per heavy atom. The number of benzene rings is 2. The van der Waals surface area contributed by atoms with Gasteiger partial charge in [0.05, 0.1) is 12.1 Å². The van der Waals surface area contributed by atoms with Gasteiger partial charge in [-0.25, -0.2) is 0 Å². The second-order valence-corrected chi connectivity index (χ2v) is 7.17. The van der Waals surface area contributed by atoms with Gasteiger partial charge in [-0.05, 0) is 42.7 Å². The lowest BCUT2D eigenvalue weighted by molar-refractivity contribution is -0.175. The predicted octanol–water partition coefficient (Wildman–Crippen LogP) is 3.97. The van der Waals surface area contributed by atoms with Crippen LogP contribution in [-0.2, 0) is 16.1 Å². The molecule has 1 saturated carbocycles. The van der Waals surface area contributed by atoms with Crippen LogP contribution in [0.1, 0.15) is 18.4 Å². The molecule has 2 N–H and O–H groups in total. The number of carbonyl (C=O) groups excluding carboxylic acids is 2. The molecule has 30 heavy (non-hydrogen) atoms. The molecule has 1 aliphatic carbocycles. The second kappa shape index (κ2) is 8.43. The van der Waals surface area contributed by atoms with Crippen LogP contribution in [0.25, 0.3) is 0 Å². The molecule has 1 fully saturated rings. The molecule has 1 aliphatic rings. The van der Waals surface area contributed by atoms with Crippen LogP contribution in [0.4, 0.5) is 13.2 Å². The third kappa shape index (κ3) is 5.15. The average Bonchev–Trinajstić information content (AvgIpc) is 3.48. The zero-order chi connectivity index (χ0) is 21.9. The lowest BCUT2D eigenvalue weighted by Gasteiger charge is -2.18. The molecule has 2 aromatic carbocycles. The molecule has 0 aromatic heterocycles. The number of nitrogens with one attached hydrogen (secondary N) is 2. The summed E-state index contributed by atoms with van der Waals surface area (Å²) in [5, 5.41) is 4.70. The van der Waals surface area contributed by atoms with Crippen LogP contribution in [0, 0.1) is 0 Å². The number of carbonyl (C=O) groups is 2. The Morgan fingerprint density at radius 1 is 1.10 bits per heavy atom. The first-order valence-corrected chi connectivity index (χ1v) is 9.29. The lowest BCUT2D eigenvalue weighted by atomic mass is 10.2. The number of rotatable bonds is 7. The van der Waals surface area contributed by atoms with Crippen LogP contribution in [0.3, 0.4) is 0 Å². The number of hydrogen-bond donors (Lipinski definition) is 2. The van der Waals surface area contributed by atoms with Crippen LogP contribution in [0.2, 0.25) is 5.02 Å². The SMILES string of the molecule is COc1ccc(Oc2ccc(CNC(=O)C3(NC(=O)C(F)(F)F)CC3)cc2)c(Cl)c1. The minimum absolute atomic E-state index is 0.0893. The van der Waals surface area contributed by atoms with Crippen molar-refractivity contribution in [3.05, 3.63) is 53.1 Å². The van der Waals surface area contributed by atoms with Crippen LogP contribution >= 0.6 is 11.6 Å². The summed E-state index contributed by atoms with van der Waals surface area (Å²) in [6.07, 6.45) is -4.70. The molecule has 2 amide bonds. The van der Waals surface area contributed by atoms with Crippen molar-refractivity contribution in [3.63, 3.8) is 0 Å². The third-order valence-corrected chi connectivity index (χ3v) is 4.83. The Kier molecular flexibility index (Phi) is 6.12. The van der Waals surface area contributed by atoms with Crippen molar-refractivity contribution in [3.8, 4) is 17.2 Å². The number of methoxy groups -OCH3 is 1. The molecule has 0 saturated heterocycles. The van der Waals surface area contributed by atoms with Crippen LogP contribution in [0.15, 0.2) is 42.5 Å². The van der Waals surface area contributed by atoms with Crippen molar-refractivity contribution in [1.29, 1.82) is 0 Å². The van der Waals surface area contributed by atoms with E-state index in [-0.39, 0.29) is 19.4 Å². The quantitative estimate of drug-likeness (QED) is 0.680. The number of alkyl halides is 3. The van der Waals surface area contributed by atoms with Crippen molar-refractivity contribution in [2.24, 2.45) is 0 Å². The van der Waals surface area contributed by atoms with Gasteiger partial charge in [0.25, 0.3) is 0 Å². The molecule has 6 nitrogen and oxygen atoms in total. The Morgan fingerprint density at radius 2 is 1.73 bits per heavy atom. The maximum absolute atomic E-state index is 12.4. The fourth-order valence-electron chi connectivity index (χ4n) is 2.67. The van der Waals surface area contributed by atoms with E-state index in [0.717, 1.165) is 0 Å². The summed E-state index contributed by atoms with van der Waals surface area (Å²) in [5.41, 5.74) is -0.782. The average molecular weight is 443 g/mol. The highest BCUT2D eigenvalue weighted by molar-refractivity contribution is 6.32. The van der Waals surface area contributed by atoms with E-state index in [9.17, 15) is 22.8 Å².